The van der Waals surface area contributed by atoms with Crippen molar-refractivity contribution in [1.29, 1.82) is 0 Å². The summed E-state index contributed by atoms with van der Waals surface area (Å²) in [6.07, 6.45) is 2.52. The van der Waals surface area contributed by atoms with Gasteiger partial charge in [-0.1, -0.05) is 6.58 Å². The minimum absolute atomic E-state index is 0.0336. The molecule has 0 atom stereocenters. The van der Waals surface area contributed by atoms with E-state index in [0.29, 0.717) is 24.0 Å². The van der Waals surface area contributed by atoms with Crippen molar-refractivity contribution in [3.8, 4) is 0 Å². The molecule has 2 rings (SSSR count). The molecule has 2 aliphatic heterocycles. The van der Waals surface area contributed by atoms with Crippen LogP contribution in [0.3, 0.4) is 0 Å². The molecule has 0 spiro atoms. The number of piperazine rings is 1. The lowest BCUT2D eigenvalue weighted by molar-refractivity contribution is -1.01. The first kappa shape index (κ1) is 11.3. The smallest absolute Gasteiger partial charge is 0.276 e. The summed E-state index contributed by atoms with van der Waals surface area (Å²) in [6.45, 7) is 7.63. The van der Waals surface area contributed by atoms with Crippen molar-refractivity contribution in [3.05, 3.63) is 12.7 Å². The largest absolute Gasteiger partial charge is 0.306 e. The molecule has 0 saturated carbocycles. The quantitative estimate of drug-likeness (QED) is 0.405. The second-order valence-electron chi connectivity index (χ2n) is 4.36. The van der Waals surface area contributed by atoms with Crippen molar-refractivity contribution in [3.63, 3.8) is 0 Å². The third-order valence-corrected chi connectivity index (χ3v) is 3.33. The van der Waals surface area contributed by atoms with E-state index in [0.717, 1.165) is 26.2 Å². The zero-order valence-electron chi connectivity index (χ0n) is 9.45. The van der Waals surface area contributed by atoms with Crippen molar-refractivity contribution in [1.82, 2.24) is 10.3 Å². The highest BCUT2D eigenvalue weighted by Gasteiger charge is 2.46. The van der Waals surface area contributed by atoms with Crippen LogP contribution in [0.4, 0.5) is 0 Å². The van der Waals surface area contributed by atoms with Gasteiger partial charge in [0.25, 0.3) is 11.8 Å². The maximum absolute atomic E-state index is 11.8. The van der Waals surface area contributed by atoms with Gasteiger partial charge in [0.2, 0.25) is 0 Å². The van der Waals surface area contributed by atoms with Crippen molar-refractivity contribution >= 4 is 11.8 Å². The number of hydrogen-bond donors (Lipinski definition) is 1. The lowest BCUT2D eigenvalue weighted by atomic mass is 10.3. The molecule has 2 saturated heterocycles. The summed E-state index contributed by atoms with van der Waals surface area (Å²) in [7, 11) is 0. The Labute approximate surface area is 95.3 Å². The second kappa shape index (κ2) is 4.35. The van der Waals surface area contributed by atoms with Crippen LogP contribution in [0.2, 0.25) is 0 Å². The lowest BCUT2D eigenvalue weighted by Crippen LogP contribution is -2.68. The number of nitrogens with zero attached hydrogens (tertiary/aromatic N) is 2. The zero-order chi connectivity index (χ0) is 11.6. The van der Waals surface area contributed by atoms with Crippen LogP contribution in [0.15, 0.2) is 12.7 Å². The molecule has 1 N–H and O–H groups in total. The number of quaternary nitrogens is 1. The Balaban J connectivity index is 2.26. The first-order chi connectivity index (χ1) is 7.69. The lowest BCUT2D eigenvalue weighted by Gasteiger charge is -2.44. The Morgan fingerprint density at radius 1 is 1.25 bits per heavy atom. The first-order valence-electron chi connectivity index (χ1n) is 5.73. The van der Waals surface area contributed by atoms with Gasteiger partial charge in [0, 0.05) is 25.9 Å². The molecule has 2 fully saturated rings. The van der Waals surface area contributed by atoms with Crippen LogP contribution in [-0.2, 0) is 9.59 Å². The van der Waals surface area contributed by atoms with Gasteiger partial charge in [0.15, 0.2) is 0 Å². The van der Waals surface area contributed by atoms with Gasteiger partial charge in [-0.3, -0.25) is 9.59 Å². The van der Waals surface area contributed by atoms with Gasteiger partial charge in [-0.05, 0) is 6.08 Å². The number of carbonyl (C=O) groups is 2. The number of nitrogens with one attached hydrogen (secondary N) is 1. The second-order valence-corrected chi connectivity index (χ2v) is 4.36. The molecule has 0 unspecified atom stereocenters. The topological polar surface area (TPSA) is 49.4 Å². The van der Waals surface area contributed by atoms with E-state index in [9.17, 15) is 9.59 Å². The summed E-state index contributed by atoms with van der Waals surface area (Å²) in [5.74, 6) is -0.0671. The Morgan fingerprint density at radius 2 is 1.81 bits per heavy atom. The van der Waals surface area contributed by atoms with E-state index < -0.39 is 0 Å². The molecule has 0 aliphatic carbocycles. The fourth-order valence-electron chi connectivity index (χ4n) is 2.55. The molecule has 0 aromatic rings. The molecule has 88 valence electrons. The van der Waals surface area contributed by atoms with Gasteiger partial charge in [0.05, 0.1) is 0 Å². The van der Waals surface area contributed by atoms with Crippen molar-refractivity contribution in [2.75, 3.05) is 32.7 Å². The number of carbonyl (C=O) groups excluding carboxylic acids is 2. The highest BCUT2D eigenvalue weighted by Crippen LogP contribution is 2.23. The summed E-state index contributed by atoms with van der Waals surface area (Å²) in [5.41, 5.74) is 0. The van der Waals surface area contributed by atoms with E-state index >= 15 is 0 Å². The maximum Gasteiger partial charge on any atom is 0.276 e. The molecule has 5 heteroatoms. The van der Waals surface area contributed by atoms with E-state index in [4.69, 9.17) is 0 Å². The summed E-state index contributed by atoms with van der Waals surface area (Å²) < 4.78 is 0.439. The predicted molar refractivity (Wildman–Crippen MR) is 59.0 cm³/mol. The van der Waals surface area contributed by atoms with Gasteiger partial charge in [0.1, 0.15) is 19.6 Å². The zero-order valence-corrected chi connectivity index (χ0v) is 9.45. The molecule has 0 aromatic carbocycles. The van der Waals surface area contributed by atoms with Gasteiger partial charge in [-0.25, -0.2) is 4.59 Å². The Morgan fingerprint density at radius 3 is 2.31 bits per heavy atom. The van der Waals surface area contributed by atoms with Crippen LogP contribution in [0.5, 0.6) is 0 Å². The molecule has 0 bridgehead atoms. The van der Waals surface area contributed by atoms with Crippen LogP contribution >= 0.6 is 0 Å². The van der Waals surface area contributed by atoms with Crippen molar-refractivity contribution in [2.24, 2.45) is 0 Å². The molecule has 2 aliphatic rings. The summed E-state index contributed by atoms with van der Waals surface area (Å²) >= 11 is 0. The number of hydrogen-bond acceptors (Lipinski definition) is 3. The SMILES string of the molecule is C=CC[N+]1(N2C(=O)CCC2=O)CCNCC1. The maximum atomic E-state index is 11.8. The van der Waals surface area contributed by atoms with Crippen LogP contribution in [0.1, 0.15) is 12.8 Å². The molecular formula is C11H18N3O2+. The fraction of sp³-hybridized carbons (Fsp3) is 0.636. The van der Waals surface area contributed by atoms with Crippen LogP contribution in [0, 0.1) is 0 Å². The van der Waals surface area contributed by atoms with E-state index in [1.54, 1.807) is 6.08 Å². The van der Waals surface area contributed by atoms with Gasteiger partial charge >= 0.3 is 0 Å². The van der Waals surface area contributed by atoms with Gasteiger partial charge < -0.3 is 5.32 Å². The highest BCUT2D eigenvalue weighted by atomic mass is 16.2. The molecule has 5 nitrogen and oxygen atoms in total. The van der Waals surface area contributed by atoms with E-state index in [-0.39, 0.29) is 11.8 Å². The summed E-state index contributed by atoms with van der Waals surface area (Å²) in [5, 5.41) is 4.71. The third-order valence-electron chi connectivity index (χ3n) is 3.33. The Hall–Kier alpha value is -1.20. The monoisotopic (exact) mass is 224 g/mol. The average Bonchev–Trinajstić information content (AvgIpc) is 2.61. The summed E-state index contributed by atoms with van der Waals surface area (Å²) in [4.78, 5) is 23.6. The van der Waals surface area contributed by atoms with E-state index in [2.05, 4.69) is 11.9 Å². The minimum Gasteiger partial charge on any atom is -0.306 e. The van der Waals surface area contributed by atoms with Crippen molar-refractivity contribution in [2.45, 2.75) is 12.8 Å². The molecule has 2 amide bonds. The Kier molecular flexibility index (Phi) is 3.07. The van der Waals surface area contributed by atoms with Crippen LogP contribution in [-0.4, -0.2) is 54.1 Å². The van der Waals surface area contributed by atoms with Crippen LogP contribution in [0.25, 0.3) is 0 Å². The molecule has 2 heterocycles. The average molecular weight is 224 g/mol. The molecule has 0 radical (unpaired) electrons. The van der Waals surface area contributed by atoms with Crippen molar-refractivity contribution < 1.29 is 14.2 Å². The van der Waals surface area contributed by atoms with E-state index in [1.165, 1.54) is 5.01 Å². The number of amides is 2. The van der Waals surface area contributed by atoms with E-state index in [1.807, 2.05) is 0 Å². The molecule has 16 heavy (non-hydrogen) atoms. The van der Waals surface area contributed by atoms with Gasteiger partial charge in [-0.2, -0.15) is 0 Å². The third kappa shape index (κ3) is 1.76. The normalized spacial score (nSPS) is 24.9. The minimum atomic E-state index is -0.0336. The van der Waals surface area contributed by atoms with Crippen LogP contribution < -0.4 is 5.32 Å². The highest BCUT2D eigenvalue weighted by molar-refractivity contribution is 6.00. The first-order valence-corrected chi connectivity index (χ1v) is 5.73. The predicted octanol–water partition coefficient (Wildman–Crippen LogP) is -0.344. The molecule has 0 aromatic heterocycles. The summed E-state index contributed by atoms with van der Waals surface area (Å²) in [6, 6.07) is 0. The van der Waals surface area contributed by atoms with Gasteiger partial charge in [-0.15, -0.1) is 5.01 Å². The number of rotatable bonds is 3. The number of imide groups is 1. The Bertz CT molecular complexity index is 305. The molecular weight excluding hydrogens is 206 g/mol. The fourth-order valence-corrected chi connectivity index (χ4v) is 2.55. The standard InChI is InChI=1S/C11H18N3O2/c1-2-7-14(8-5-12-6-9-14)13-10(15)3-4-11(13)16/h2,12H,1,3-9H2/q+1.